The van der Waals surface area contributed by atoms with Crippen molar-refractivity contribution in [2.75, 3.05) is 6.61 Å². The first-order chi connectivity index (χ1) is 7.63. The molecule has 0 fully saturated rings. The van der Waals surface area contributed by atoms with Gasteiger partial charge in [0.05, 0.1) is 0 Å². The van der Waals surface area contributed by atoms with Crippen LogP contribution in [0.4, 0.5) is 48.3 Å². The highest BCUT2D eigenvalue weighted by Gasteiger charge is 2.76. The Labute approximate surface area is 91.5 Å². The van der Waals surface area contributed by atoms with Crippen LogP contribution in [0.3, 0.4) is 0 Å². The summed E-state index contributed by atoms with van der Waals surface area (Å²) in [5.41, 5.74) is 0. The van der Waals surface area contributed by atoms with Gasteiger partial charge >= 0.3 is 24.2 Å². The fourth-order valence-electron chi connectivity index (χ4n) is 0.604. The summed E-state index contributed by atoms with van der Waals surface area (Å²) in [5.74, 6) is -13.4. The molecule has 0 radical (unpaired) electrons. The SMILES string of the molecule is FC(OCC(F)(F)F)C(F)(F)C(F)(F)C(F)(F)F. The van der Waals surface area contributed by atoms with Crippen LogP contribution in [0.1, 0.15) is 0 Å². The smallest absolute Gasteiger partial charge is 0.334 e. The van der Waals surface area contributed by atoms with Crippen molar-refractivity contribution in [2.24, 2.45) is 0 Å². The van der Waals surface area contributed by atoms with E-state index < -0.39 is 37.2 Å². The number of hydrogen-bond acceptors (Lipinski definition) is 1. The van der Waals surface area contributed by atoms with E-state index in [2.05, 4.69) is 4.74 Å². The molecule has 0 rings (SSSR count). The van der Waals surface area contributed by atoms with E-state index in [1.165, 1.54) is 0 Å². The summed E-state index contributed by atoms with van der Waals surface area (Å²) >= 11 is 0. The summed E-state index contributed by atoms with van der Waals surface area (Å²) < 4.78 is 132. The van der Waals surface area contributed by atoms with Crippen LogP contribution in [0.25, 0.3) is 0 Å². The van der Waals surface area contributed by atoms with Gasteiger partial charge in [0.15, 0.2) is 0 Å². The van der Waals surface area contributed by atoms with Crippen LogP contribution in [0.15, 0.2) is 0 Å². The maximum Gasteiger partial charge on any atom is 0.460 e. The highest BCUT2D eigenvalue weighted by molar-refractivity contribution is 4.93. The Balaban J connectivity index is 4.93. The first-order valence-corrected chi connectivity index (χ1v) is 3.77. The topological polar surface area (TPSA) is 9.23 Å². The van der Waals surface area contributed by atoms with Gasteiger partial charge in [-0.1, -0.05) is 0 Å². The zero-order chi connectivity index (χ0) is 15.0. The molecule has 0 spiro atoms. The molecule has 0 aromatic heterocycles. The van der Waals surface area contributed by atoms with Crippen molar-refractivity contribution in [3.05, 3.63) is 0 Å². The molecule has 0 aromatic carbocycles. The van der Waals surface area contributed by atoms with Crippen molar-refractivity contribution in [3.63, 3.8) is 0 Å². The molecule has 12 heteroatoms. The average molecular weight is 300 g/mol. The molecule has 0 saturated carbocycles. The molecule has 0 N–H and O–H groups in total. The fourth-order valence-corrected chi connectivity index (χ4v) is 0.604. The van der Waals surface area contributed by atoms with E-state index in [-0.39, 0.29) is 0 Å². The maximum atomic E-state index is 12.3. The van der Waals surface area contributed by atoms with E-state index in [1.54, 1.807) is 0 Å². The standard InChI is InChI=1S/C6H3F11O/c7-2(18-1-3(8,9)10)4(11,12)5(13,14)6(15,16)17/h2H,1H2. The van der Waals surface area contributed by atoms with E-state index in [0.29, 0.717) is 0 Å². The van der Waals surface area contributed by atoms with E-state index in [4.69, 9.17) is 0 Å². The molecule has 1 nitrogen and oxygen atoms in total. The summed E-state index contributed by atoms with van der Waals surface area (Å²) in [6, 6.07) is 0. The van der Waals surface area contributed by atoms with Gasteiger partial charge < -0.3 is 4.74 Å². The fraction of sp³-hybridized carbons (Fsp3) is 1.00. The predicted molar refractivity (Wildman–Crippen MR) is 32.9 cm³/mol. The Morgan fingerprint density at radius 2 is 1.17 bits per heavy atom. The summed E-state index contributed by atoms with van der Waals surface area (Å²) in [7, 11) is 0. The third kappa shape index (κ3) is 3.59. The summed E-state index contributed by atoms with van der Waals surface area (Å²) in [6.07, 6.45) is -17.0. The zero-order valence-corrected chi connectivity index (χ0v) is 7.85. The van der Waals surface area contributed by atoms with E-state index in [0.717, 1.165) is 0 Å². The molecule has 0 saturated heterocycles. The highest BCUT2D eigenvalue weighted by Crippen LogP contribution is 2.49. The van der Waals surface area contributed by atoms with Crippen molar-refractivity contribution >= 4 is 0 Å². The van der Waals surface area contributed by atoms with Crippen LogP contribution in [-0.4, -0.2) is 37.2 Å². The molecule has 110 valence electrons. The minimum atomic E-state index is -6.87. The van der Waals surface area contributed by atoms with Crippen molar-refractivity contribution in [1.29, 1.82) is 0 Å². The van der Waals surface area contributed by atoms with Gasteiger partial charge in [-0.2, -0.15) is 43.9 Å². The lowest BCUT2D eigenvalue weighted by atomic mass is 10.1. The van der Waals surface area contributed by atoms with E-state index in [9.17, 15) is 48.3 Å². The lowest BCUT2D eigenvalue weighted by Crippen LogP contribution is -2.57. The molecular formula is C6H3F11O. The minimum Gasteiger partial charge on any atom is -0.334 e. The molecule has 0 aliphatic carbocycles. The Hall–Kier alpha value is -0.810. The Kier molecular flexibility index (Phi) is 4.49. The number of halogens is 11. The third-order valence-corrected chi connectivity index (χ3v) is 1.45. The van der Waals surface area contributed by atoms with Gasteiger partial charge in [0, 0.05) is 0 Å². The molecule has 0 amide bonds. The molecule has 0 aliphatic rings. The molecule has 0 aromatic rings. The number of rotatable bonds is 4. The molecular weight excluding hydrogens is 297 g/mol. The first-order valence-electron chi connectivity index (χ1n) is 3.77. The van der Waals surface area contributed by atoms with Crippen LogP contribution < -0.4 is 0 Å². The Morgan fingerprint density at radius 1 is 0.778 bits per heavy atom. The van der Waals surface area contributed by atoms with E-state index >= 15 is 0 Å². The first kappa shape index (κ1) is 17.2. The second kappa shape index (κ2) is 4.70. The highest BCUT2D eigenvalue weighted by atomic mass is 19.4. The van der Waals surface area contributed by atoms with Gasteiger partial charge in [-0.15, -0.1) is 0 Å². The average Bonchev–Trinajstić information content (AvgIpc) is 2.10. The van der Waals surface area contributed by atoms with E-state index in [1.807, 2.05) is 0 Å². The summed E-state index contributed by atoms with van der Waals surface area (Å²) in [5, 5.41) is 0. The van der Waals surface area contributed by atoms with Crippen molar-refractivity contribution in [1.82, 2.24) is 0 Å². The zero-order valence-electron chi connectivity index (χ0n) is 7.85. The van der Waals surface area contributed by atoms with Gasteiger partial charge in [-0.3, -0.25) is 0 Å². The maximum absolute atomic E-state index is 12.3. The number of ether oxygens (including phenoxy) is 1. The van der Waals surface area contributed by atoms with Crippen molar-refractivity contribution in [3.8, 4) is 0 Å². The normalized spacial score (nSPS) is 16.8. The quantitative estimate of drug-likeness (QED) is 0.719. The van der Waals surface area contributed by atoms with Gasteiger partial charge in [0.25, 0.3) is 6.36 Å². The Morgan fingerprint density at radius 3 is 1.44 bits per heavy atom. The second-order valence-corrected chi connectivity index (χ2v) is 2.94. The molecule has 1 atom stereocenters. The van der Waals surface area contributed by atoms with Gasteiger partial charge in [0.1, 0.15) is 6.61 Å². The van der Waals surface area contributed by atoms with Crippen molar-refractivity contribution < 1.29 is 53.0 Å². The van der Waals surface area contributed by atoms with Crippen LogP contribution in [0.2, 0.25) is 0 Å². The lowest BCUT2D eigenvalue weighted by Gasteiger charge is -2.30. The number of alkyl halides is 11. The van der Waals surface area contributed by atoms with Gasteiger partial charge in [-0.25, -0.2) is 4.39 Å². The third-order valence-electron chi connectivity index (χ3n) is 1.45. The molecule has 1 unspecified atom stereocenters. The van der Waals surface area contributed by atoms with Crippen LogP contribution >= 0.6 is 0 Å². The number of hydrogen-bond donors (Lipinski definition) is 0. The molecule has 0 heterocycles. The molecule has 18 heavy (non-hydrogen) atoms. The van der Waals surface area contributed by atoms with Crippen molar-refractivity contribution in [2.45, 2.75) is 30.6 Å². The van der Waals surface area contributed by atoms with Gasteiger partial charge in [0.2, 0.25) is 0 Å². The molecule has 0 aliphatic heterocycles. The monoisotopic (exact) mass is 300 g/mol. The van der Waals surface area contributed by atoms with Gasteiger partial charge in [-0.05, 0) is 0 Å². The van der Waals surface area contributed by atoms with Crippen LogP contribution in [0, 0.1) is 0 Å². The van der Waals surface area contributed by atoms with Crippen LogP contribution in [0.5, 0.6) is 0 Å². The predicted octanol–water partition coefficient (Wildman–Crippen LogP) is 3.69. The van der Waals surface area contributed by atoms with Crippen LogP contribution in [-0.2, 0) is 4.74 Å². The second-order valence-electron chi connectivity index (χ2n) is 2.94. The minimum absolute atomic E-state index is 2.63. The Bertz CT molecular complexity index is 276. The lowest BCUT2D eigenvalue weighted by molar-refractivity contribution is -0.390. The summed E-state index contributed by atoms with van der Waals surface area (Å²) in [4.78, 5) is 0. The molecule has 0 bridgehead atoms. The summed E-state index contributed by atoms with van der Waals surface area (Å²) in [6.45, 7) is -2.74. The largest absolute Gasteiger partial charge is 0.460 e.